The van der Waals surface area contributed by atoms with Gasteiger partial charge in [-0.05, 0) is 67.2 Å². The van der Waals surface area contributed by atoms with Crippen LogP contribution in [0.5, 0.6) is 5.75 Å². The Morgan fingerprint density at radius 2 is 1.88 bits per heavy atom. The maximum atomic E-state index is 5.43. The lowest BCUT2D eigenvalue weighted by Gasteiger charge is -2.11. The maximum absolute atomic E-state index is 5.43. The summed E-state index contributed by atoms with van der Waals surface area (Å²) >= 11 is 5.34. The number of aromatic nitrogens is 2. The molecule has 0 spiro atoms. The third kappa shape index (κ3) is 4.81. The van der Waals surface area contributed by atoms with Crippen molar-refractivity contribution in [3.63, 3.8) is 0 Å². The van der Waals surface area contributed by atoms with Crippen LogP contribution < -0.4 is 15.4 Å². The molecular weight excluding hydrogens is 332 g/mol. The van der Waals surface area contributed by atoms with E-state index in [1.54, 1.807) is 6.20 Å². The van der Waals surface area contributed by atoms with Crippen LogP contribution >= 0.6 is 12.2 Å². The number of benzene rings is 2. The van der Waals surface area contributed by atoms with Gasteiger partial charge in [-0.15, -0.1) is 0 Å². The number of anilines is 1. The molecule has 0 atom stereocenters. The number of thiocarbonyl (C=S) groups is 1. The molecule has 0 aliphatic heterocycles. The van der Waals surface area contributed by atoms with Crippen molar-refractivity contribution in [2.45, 2.75) is 13.5 Å². The molecule has 25 heavy (non-hydrogen) atoms. The van der Waals surface area contributed by atoms with Crippen LogP contribution in [0.1, 0.15) is 12.5 Å². The lowest BCUT2D eigenvalue weighted by Crippen LogP contribution is -2.27. The van der Waals surface area contributed by atoms with E-state index >= 15 is 0 Å². The molecule has 1 aromatic heterocycles. The highest BCUT2D eigenvalue weighted by Crippen LogP contribution is 2.15. The van der Waals surface area contributed by atoms with Crippen LogP contribution in [0.25, 0.3) is 5.69 Å². The molecule has 0 bridgehead atoms. The van der Waals surface area contributed by atoms with Gasteiger partial charge in [0.2, 0.25) is 0 Å². The highest BCUT2D eigenvalue weighted by molar-refractivity contribution is 7.80. The number of hydrogen-bond donors (Lipinski definition) is 2. The molecule has 2 aromatic carbocycles. The van der Waals surface area contributed by atoms with Crippen molar-refractivity contribution in [1.82, 2.24) is 15.1 Å². The van der Waals surface area contributed by atoms with Crippen molar-refractivity contribution < 1.29 is 4.74 Å². The summed E-state index contributed by atoms with van der Waals surface area (Å²) in [6, 6.07) is 17.8. The summed E-state index contributed by atoms with van der Waals surface area (Å²) in [7, 11) is 0. The second-order valence-electron chi connectivity index (χ2n) is 5.38. The number of rotatable bonds is 6. The second-order valence-corrected chi connectivity index (χ2v) is 5.79. The van der Waals surface area contributed by atoms with Gasteiger partial charge in [-0.25, -0.2) is 4.68 Å². The Balaban J connectivity index is 1.50. The first kappa shape index (κ1) is 17.0. The molecule has 3 rings (SSSR count). The molecule has 0 aliphatic rings. The molecule has 0 aliphatic carbocycles. The van der Waals surface area contributed by atoms with E-state index in [0.717, 1.165) is 22.7 Å². The van der Waals surface area contributed by atoms with Gasteiger partial charge in [0, 0.05) is 24.6 Å². The molecule has 5 nitrogen and oxygen atoms in total. The predicted octanol–water partition coefficient (Wildman–Crippen LogP) is 3.76. The largest absolute Gasteiger partial charge is 0.494 e. The van der Waals surface area contributed by atoms with E-state index in [9.17, 15) is 0 Å². The third-order valence-electron chi connectivity index (χ3n) is 3.58. The van der Waals surface area contributed by atoms with E-state index in [-0.39, 0.29) is 0 Å². The van der Waals surface area contributed by atoms with Gasteiger partial charge >= 0.3 is 0 Å². The summed E-state index contributed by atoms with van der Waals surface area (Å²) in [4.78, 5) is 0. The van der Waals surface area contributed by atoms with Gasteiger partial charge in [0.25, 0.3) is 0 Å². The van der Waals surface area contributed by atoms with Crippen LogP contribution in [0, 0.1) is 0 Å². The zero-order valence-corrected chi connectivity index (χ0v) is 14.8. The number of ether oxygens (including phenoxy) is 1. The standard InChI is InChI=1S/C19H20N4OS/c1-2-24-18-10-6-16(7-11-18)22-19(25)20-14-15-4-8-17(9-5-15)23-13-3-12-21-23/h3-13H,2,14H2,1H3,(H2,20,22,25). The summed E-state index contributed by atoms with van der Waals surface area (Å²) in [5.41, 5.74) is 3.10. The van der Waals surface area contributed by atoms with Gasteiger partial charge < -0.3 is 15.4 Å². The summed E-state index contributed by atoms with van der Waals surface area (Å²) in [6.07, 6.45) is 3.68. The van der Waals surface area contributed by atoms with Crippen LogP contribution in [0.3, 0.4) is 0 Å². The van der Waals surface area contributed by atoms with E-state index in [1.807, 2.05) is 60.3 Å². The minimum absolute atomic E-state index is 0.584. The lowest BCUT2D eigenvalue weighted by atomic mass is 10.2. The highest BCUT2D eigenvalue weighted by Gasteiger charge is 2.01. The van der Waals surface area contributed by atoms with Gasteiger partial charge in [0.05, 0.1) is 12.3 Å². The van der Waals surface area contributed by atoms with Crippen LogP contribution in [0.15, 0.2) is 67.0 Å². The summed E-state index contributed by atoms with van der Waals surface area (Å²) in [5, 5.41) is 11.2. The van der Waals surface area contributed by atoms with Crippen molar-refractivity contribution in [3.8, 4) is 11.4 Å². The molecule has 0 fully saturated rings. The second kappa shape index (κ2) is 8.30. The molecule has 1 heterocycles. The molecule has 2 N–H and O–H groups in total. The van der Waals surface area contributed by atoms with Crippen LogP contribution in [0.4, 0.5) is 5.69 Å². The average Bonchev–Trinajstić information content (AvgIpc) is 3.17. The normalized spacial score (nSPS) is 10.3. The molecule has 0 amide bonds. The predicted molar refractivity (Wildman–Crippen MR) is 104 cm³/mol. The van der Waals surface area contributed by atoms with E-state index in [4.69, 9.17) is 17.0 Å². The number of hydrogen-bond acceptors (Lipinski definition) is 3. The molecule has 3 aromatic rings. The van der Waals surface area contributed by atoms with Crippen LogP contribution in [0.2, 0.25) is 0 Å². The van der Waals surface area contributed by atoms with E-state index < -0.39 is 0 Å². The fraction of sp³-hybridized carbons (Fsp3) is 0.158. The zero-order chi connectivity index (χ0) is 17.5. The van der Waals surface area contributed by atoms with Crippen molar-refractivity contribution in [2.75, 3.05) is 11.9 Å². The molecule has 0 saturated heterocycles. The molecule has 0 unspecified atom stereocenters. The van der Waals surface area contributed by atoms with E-state index in [1.165, 1.54) is 0 Å². The van der Waals surface area contributed by atoms with Crippen molar-refractivity contribution in [2.24, 2.45) is 0 Å². The van der Waals surface area contributed by atoms with Gasteiger partial charge in [-0.1, -0.05) is 12.1 Å². The summed E-state index contributed by atoms with van der Waals surface area (Å²) in [5.74, 6) is 0.851. The molecular formula is C19H20N4OS. The number of nitrogens with zero attached hydrogens (tertiary/aromatic N) is 2. The third-order valence-corrected chi connectivity index (χ3v) is 3.83. The van der Waals surface area contributed by atoms with Gasteiger partial charge in [-0.2, -0.15) is 5.10 Å². The molecule has 6 heteroatoms. The fourth-order valence-corrected chi connectivity index (χ4v) is 2.54. The summed E-state index contributed by atoms with van der Waals surface area (Å²) < 4.78 is 7.25. The minimum atomic E-state index is 0.584. The van der Waals surface area contributed by atoms with Crippen LogP contribution in [-0.4, -0.2) is 21.5 Å². The highest BCUT2D eigenvalue weighted by atomic mass is 32.1. The maximum Gasteiger partial charge on any atom is 0.171 e. The SMILES string of the molecule is CCOc1ccc(NC(=S)NCc2ccc(-n3cccn3)cc2)cc1. The van der Waals surface area contributed by atoms with Crippen molar-refractivity contribution >= 4 is 23.0 Å². The average molecular weight is 352 g/mol. The smallest absolute Gasteiger partial charge is 0.171 e. The first-order valence-electron chi connectivity index (χ1n) is 8.11. The molecule has 0 saturated carbocycles. The Morgan fingerprint density at radius 3 is 2.52 bits per heavy atom. The topological polar surface area (TPSA) is 51.1 Å². The van der Waals surface area contributed by atoms with Crippen molar-refractivity contribution in [1.29, 1.82) is 0 Å². The Hall–Kier alpha value is -2.86. The first-order chi connectivity index (χ1) is 12.2. The van der Waals surface area contributed by atoms with Crippen LogP contribution in [-0.2, 0) is 6.54 Å². The number of nitrogens with one attached hydrogen (secondary N) is 2. The quantitative estimate of drug-likeness (QED) is 0.662. The van der Waals surface area contributed by atoms with Gasteiger partial charge in [0.1, 0.15) is 5.75 Å². The lowest BCUT2D eigenvalue weighted by molar-refractivity contribution is 0.340. The Morgan fingerprint density at radius 1 is 1.12 bits per heavy atom. The Kier molecular flexibility index (Phi) is 5.64. The molecule has 0 radical (unpaired) electrons. The molecule has 128 valence electrons. The Labute approximate surface area is 152 Å². The van der Waals surface area contributed by atoms with Crippen molar-refractivity contribution in [3.05, 3.63) is 72.6 Å². The van der Waals surface area contributed by atoms with Gasteiger partial charge in [0.15, 0.2) is 5.11 Å². The monoisotopic (exact) mass is 352 g/mol. The first-order valence-corrected chi connectivity index (χ1v) is 8.52. The van der Waals surface area contributed by atoms with E-state index in [0.29, 0.717) is 18.3 Å². The Bertz CT molecular complexity index is 798. The van der Waals surface area contributed by atoms with E-state index in [2.05, 4.69) is 27.9 Å². The van der Waals surface area contributed by atoms with Gasteiger partial charge in [-0.3, -0.25) is 0 Å². The fourth-order valence-electron chi connectivity index (χ4n) is 2.35. The zero-order valence-electron chi connectivity index (χ0n) is 14.0. The summed E-state index contributed by atoms with van der Waals surface area (Å²) in [6.45, 7) is 3.28. The minimum Gasteiger partial charge on any atom is -0.494 e.